The minimum Gasteiger partial charge on any atom is -0.349 e. The maximum atomic E-state index is 12.0. The Labute approximate surface area is 173 Å². The van der Waals surface area contributed by atoms with Crippen LogP contribution in [0.3, 0.4) is 0 Å². The second-order valence-electron chi connectivity index (χ2n) is 11.8. The fraction of sp³-hybridized carbons (Fsp3) is 0.885. The molecule has 0 radical (unpaired) electrons. The van der Waals surface area contributed by atoms with Crippen LogP contribution in [0.4, 0.5) is 0 Å². The van der Waals surface area contributed by atoms with E-state index in [1.54, 1.807) is 0 Å². The van der Waals surface area contributed by atoms with Gasteiger partial charge in [0.15, 0.2) is 0 Å². The summed E-state index contributed by atoms with van der Waals surface area (Å²) < 4.78 is 0. The molecular formula is C26H43NO. The van der Waals surface area contributed by atoms with Crippen LogP contribution in [0.5, 0.6) is 0 Å². The third kappa shape index (κ3) is 3.27. The van der Waals surface area contributed by atoms with E-state index in [1.807, 2.05) is 6.08 Å². The molecule has 0 saturated heterocycles. The average molecular weight is 386 g/mol. The smallest absolute Gasteiger partial charge is 0.243 e. The third-order valence-electron chi connectivity index (χ3n) is 9.84. The molecule has 2 nitrogen and oxygen atoms in total. The van der Waals surface area contributed by atoms with Crippen molar-refractivity contribution < 1.29 is 4.79 Å². The molecule has 0 aromatic rings. The van der Waals surface area contributed by atoms with Crippen LogP contribution in [0.2, 0.25) is 0 Å². The van der Waals surface area contributed by atoms with Crippen molar-refractivity contribution in [3.8, 4) is 0 Å². The molecule has 28 heavy (non-hydrogen) atoms. The van der Waals surface area contributed by atoms with Crippen LogP contribution in [0.1, 0.15) is 92.4 Å². The third-order valence-corrected chi connectivity index (χ3v) is 9.84. The SMILES string of the molecule is CC(C)CCCC[C@H]1CC[C@H]2[C@@H]3[C@@H](C)C[C@H]4NC(=O)C=C[C@]4(C)[C@H]3CC[C@]12C. The van der Waals surface area contributed by atoms with Crippen molar-refractivity contribution in [3.63, 3.8) is 0 Å². The molecular weight excluding hydrogens is 342 g/mol. The van der Waals surface area contributed by atoms with Crippen LogP contribution in [-0.2, 0) is 4.79 Å². The van der Waals surface area contributed by atoms with Gasteiger partial charge in [0, 0.05) is 11.5 Å². The van der Waals surface area contributed by atoms with Gasteiger partial charge in [-0.05, 0) is 85.5 Å². The molecule has 1 amide bonds. The number of carbonyl (C=O) groups excluding carboxylic acids is 1. The van der Waals surface area contributed by atoms with Crippen molar-refractivity contribution >= 4 is 5.91 Å². The van der Waals surface area contributed by atoms with Crippen LogP contribution in [0.15, 0.2) is 12.2 Å². The van der Waals surface area contributed by atoms with E-state index in [2.05, 4.69) is 46.0 Å². The minimum absolute atomic E-state index is 0.121. The maximum Gasteiger partial charge on any atom is 0.243 e. The zero-order valence-corrected chi connectivity index (χ0v) is 19.0. The van der Waals surface area contributed by atoms with E-state index in [0.29, 0.717) is 11.5 Å². The number of rotatable bonds is 5. The standard InChI is InChI=1S/C26H43NO/c1-17(2)8-6-7-9-19-10-11-20-24-18(3)16-22-26(5,15-13-23(28)27-22)21(24)12-14-25(19,20)4/h13,15,17-22,24H,6-12,14,16H2,1-5H3,(H,27,28)/t18-,19-,20-,21-,22+,24-,25+,26+/m0/s1. The summed E-state index contributed by atoms with van der Waals surface area (Å²) in [6, 6.07) is 0.346. The van der Waals surface area contributed by atoms with E-state index in [1.165, 1.54) is 57.8 Å². The lowest BCUT2D eigenvalue weighted by Crippen LogP contribution is -2.61. The highest BCUT2D eigenvalue weighted by Crippen LogP contribution is 2.66. The molecule has 3 aliphatic carbocycles. The van der Waals surface area contributed by atoms with Gasteiger partial charge in [-0.2, -0.15) is 0 Å². The first-order valence-corrected chi connectivity index (χ1v) is 12.3. The largest absolute Gasteiger partial charge is 0.349 e. The highest BCUT2D eigenvalue weighted by Gasteiger charge is 2.61. The Hall–Kier alpha value is -0.790. The van der Waals surface area contributed by atoms with Crippen LogP contribution in [0.25, 0.3) is 0 Å². The molecule has 158 valence electrons. The molecule has 3 fully saturated rings. The first-order valence-electron chi connectivity index (χ1n) is 12.3. The topological polar surface area (TPSA) is 29.1 Å². The zero-order chi connectivity index (χ0) is 20.1. The maximum absolute atomic E-state index is 12.0. The lowest BCUT2D eigenvalue weighted by atomic mass is 9.45. The van der Waals surface area contributed by atoms with Gasteiger partial charge < -0.3 is 5.32 Å². The van der Waals surface area contributed by atoms with Crippen LogP contribution in [0, 0.1) is 46.3 Å². The molecule has 0 unspecified atom stereocenters. The monoisotopic (exact) mass is 385 g/mol. The predicted octanol–water partition coefficient (Wildman–Crippen LogP) is 6.36. The van der Waals surface area contributed by atoms with Crippen molar-refractivity contribution in [2.24, 2.45) is 46.3 Å². The van der Waals surface area contributed by atoms with Gasteiger partial charge in [0.2, 0.25) is 5.91 Å². The van der Waals surface area contributed by atoms with Crippen molar-refractivity contribution in [3.05, 3.63) is 12.2 Å². The van der Waals surface area contributed by atoms with Gasteiger partial charge in [0.05, 0.1) is 0 Å². The molecule has 4 rings (SSSR count). The molecule has 0 spiro atoms. The molecule has 1 aliphatic heterocycles. The number of carbonyl (C=O) groups is 1. The van der Waals surface area contributed by atoms with Gasteiger partial charge in [-0.3, -0.25) is 4.79 Å². The van der Waals surface area contributed by atoms with Gasteiger partial charge in [-0.15, -0.1) is 0 Å². The quantitative estimate of drug-likeness (QED) is 0.548. The summed E-state index contributed by atoms with van der Waals surface area (Å²) in [6.07, 6.45) is 16.7. The fourth-order valence-electron chi connectivity index (χ4n) is 8.21. The Morgan fingerprint density at radius 3 is 2.68 bits per heavy atom. The summed E-state index contributed by atoms with van der Waals surface area (Å²) in [4.78, 5) is 12.0. The molecule has 3 saturated carbocycles. The second-order valence-corrected chi connectivity index (χ2v) is 11.8. The zero-order valence-electron chi connectivity index (χ0n) is 19.0. The van der Waals surface area contributed by atoms with Gasteiger partial charge in [0.25, 0.3) is 0 Å². The summed E-state index contributed by atoms with van der Waals surface area (Å²) in [5.41, 5.74) is 0.736. The van der Waals surface area contributed by atoms with Gasteiger partial charge in [0.1, 0.15) is 0 Å². The van der Waals surface area contributed by atoms with Gasteiger partial charge >= 0.3 is 0 Å². The lowest BCUT2D eigenvalue weighted by molar-refractivity contribution is -0.125. The fourth-order valence-corrected chi connectivity index (χ4v) is 8.21. The Kier molecular flexibility index (Phi) is 5.47. The molecule has 1 N–H and O–H groups in total. The Morgan fingerprint density at radius 1 is 1.14 bits per heavy atom. The Balaban J connectivity index is 1.50. The van der Waals surface area contributed by atoms with Crippen LogP contribution >= 0.6 is 0 Å². The van der Waals surface area contributed by atoms with Crippen LogP contribution in [-0.4, -0.2) is 11.9 Å². The summed E-state index contributed by atoms with van der Waals surface area (Å²) in [6.45, 7) is 12.3. The number of nitrogens with one attached hydrogen (secondary N) is 1. The number of amides is 1. The highest BCUT2D eigenvalue weighted by molar-refractivity contribution is 5.89. The summed E-state index contributed by atoms with van der Waals surface area (Å²) in [7, 11) is 0. The van der Waals surface area contributed by atoms with E-state index in [4.69, 9.17) is 0 Å². The second kappa shape index (κ2) is 7.47. The van der Waals surface area contributed by atoms with Crippen molar-refractivity contribution in [2.45, 2.75) is 98.4 Å². The summed E-state index contributed by atoms with van der Waals surface area (Å²) in [5, 5.41) is 3.32. The molecule has 8 atom stereocenters. The van der Waals surface area contributed by atoms with E-state index < -0.39 is 0 Å². The first-order chi connectivity index (χ1) is 13.3. The van der Waals surface area contributed by atoms with Gasteiger partial charge in [-0.25, -0.2) is 0 Å². The highest BCUT2D eigenvalue weighted by atomic mass is 16.1. The van der Waals surface area contributed by atoms with E-state index in [-0.39, 0.29) is 11.3 Å². The molecule has 0 aromatic carbocycles. The summed E-state index contributed by atoms with van der Waals surface area (Å²) >= 11 is 0. The van der Waals surface area contributed by atoms with Crippen molar-refractivity contribution in [1.82, 2.24) is 5.32 Å². The molecule has 4 aliphatic rings. The predicted molar refractivity (Wildman–Crippen MR) is 117 cm³/mol. The van der Waals surface area contributed by atoms with Crippen LogP contribution < -0.4 is 5.32 Å². The number of hydrogen-bond donors (Lipinski definition) is 1. The lowest BCUT2D eigenvalue weighted by Gasteiger charge is -2.61. The Morgan fingerprint density at radius 2 is 1.93 bits per heavy atom. The van der Waals surface area contributed by atoms with Gasteiger partial charge in [-0.1, -0.05) is 60.0 Å². The molecule has 0 bridgehead atoms. The molecule has 1 heterocycles. The number of unbranched alkanes of at least 4 members (excludes halogenated alkanes) is 1. The van der Waals surface area contributed by atoms with Crippen molar-refractivity contribution in [2.75, 3.05) is 0 Å². The Bertz CT molecular complexity index is 624. The normalized spacial score (nSPS) is 47.4. The average Bonchev–Trinajstić information content (AvgIpc) is 2.96. The number of hydrogen-bond acceptors (Lipinski definition) is 1. The first kappa shape index (κ1) is 20.5. The van der Waals surface area contributed by atoms with Crippen molar-refractivity contribution in [1.29, 1.82) is 0 Å². The minimum atomic E-state index is 0.121. The number of fused-ring (bicyclic) bond motifs is 5. The van der Waals surface area contributed by atoms with E-state index in [9.17, 15) is 4.79 Å². The van der Waals surface area contributed by atoms with E-state index in [0.717, 1.165) is 35.5 Å². The molecule has 0 aromatic heterocycles. The summed E-state index contributed by atoms with van der Waals surface area (Å²) in [5.74, 6) is 5.15. The van der Waals surface area contributed by atoms with E-state index >= 15 is 0 Å². The molecule has 2 heteroatoms.